The molecule has 102 valence electrons. The molecule has 0 saturated carbocycles. The van der Waals surface area contributed by atoms with Crippen LogP contribution in [0, 0.1) is 0 Å². The van der Waals surface area contributed by atoms with Gasteiger partial charge >= 0.3 is 0 Å². The Morgan fingerprint density at radius 3 is 2.22 bits per heavy atom. The highest BCUT2D eigenvalue weighted by Crippen LogP contribution is 2.12. The molecule has 1 atom stereocenters. The minimum absolute atomic E-state index is 0.262. The molecule has 3 nitrogen and oxygen atoms in total. The molecule has 0 amide bonds. The first-order valence-electron chi connectivity index (χ1n) is 6.59. The second-order valence-corrected chi connectivity index (χ2v) is 10.8. The van der Waals surface area contributed by atoms with Gasteiger partial charge in [-0.05, 0) is 19.7 Å². The zero-order valence-corrected chi connectivity index (χ0v) is 13.3. The zero-order valence-electron chi connectivity index (χ0n) is 12.3. The van der Waals surface area contributed by atoms with Gasteiger partial charge in [0.25, 0.3) is 0 Å². The van der Waals surface area contributed by atoms with Gasteiger partial charge in [-0.1, -0.05) is 50.0 Å². The van der Waals surface area contributed by atoms with Gasteiger partial charge in [0.05, 0.1) is 6.17 Å². The Morgan fingerprint density at radius 2 is 1.72 bits per heavy atom. The van der Waals surface area contributed by atoms with Crippen molar-refractivity contribution in [3.8, 4) is 0 Å². The number of nitrogens with zero attached hydrogens (tertiary/aromatic N) is 1. The Morgan fingerprint density at radius 1 is 1.11 bits per heavy atom. The average Bonchev–Trinajstić information content (AvgIpc) is 2.27. The van der Waals surface area contributed by atoms with Crippen LogP contribution < -0.4 is 10.3 Å². The van der Waals surface area contributed by atoms with E-state index in [1.54, 1.807) is 0 Å². The molecule has 0 fully saturated rings. The Balaban J connectivity index is 2.64. The normalized spacial score (nSPS) is 13.9. The molecule has 0 radical (unpaired) electrons. The first-order valence-corrected chi connectivity index (χ1v) is 10.1. The smallest absolute Gasteiger partial charge is 0.118 e. The van der Waals surface area contributed by atoms with Crippen LogP contribution >= 0.6 is 0 Å². The lowest BCUT2D eigenvalue weighted by molar-refractivity contribution is 0.379. The first-order chi connectivity index (χ1) is 8.38. The molecule has 0 aliphatic heterocycles. The highest BCUT2D eigenvalue weighted by Gasteiger charge is 2.19. The zero-order chi connectivity index (χ0) is 13.6. The second-order valence-electron chi connectivity index (χ2n) is 6.00. The lowest BCUT2D eigenvalue weighted by Gasteiger charge is -2.29. The maximum Gasteiger partial charge on any atom is 0.118 e. The summed E-state index contributed by atoms with van der Waals surface area (Å²) in [5, 5.41) is 3.61. The monoisotopic (exact) mass is 265 g/mol. The Labute approximate surface area is 113 Å². The van der Waals surface area contributed by atoms with Gasteiger partial charge in [0.2, 0.25) is 0 Å². The standard InChI is InChI=1S/C14H27N3Si/c1-17(2)12-11-15-14(16-18(3,4)5)13-9-7-6-8-10-13/h6-10,14-16H,11-12H2,1-5H3. The summed E-state index contributed by atoms with van der Waals surface area (Å²) >= 11 is 0. The molecule has 0 heterocycles. The molecular weight excluding hydrogens is 238 g/mol. The molecule has 1 aromatic carbocycles. The van der Waals surface area contributed by atoms with Crippen LogP contribution in [0.4, 0.5) is 0 Å². The van der Waals surface area contributed by atoms with Gasteiger partial charge < -0.3 is 9.88 Å². The van der Waals surface area contributed by atoms with Crippen molar-refractivity contribution in [2.24, 2.45) is 0 Å². The molecule has 2 N–H and O–H groups in total. The molecule has 0 spiro atoms. The third-order valence-corrected chi connectivity index (χ3v) is 3.77. The van der Waals surface area contributed by atoms with Crippen LogP contribution in [-0.2, 0) is 0 Å². The van der Waals surface area contributed by atoms with E-state index in [1.807, 2.05) is 0 Å². The largest absolute Gasteiger partial charge is 0.319 e. The van der Waals surface area contributed by atoms with E-state index in [0.717, 1.165) is 13.1 Å². The van der Waals surface area contributed by atoms with Gasteiger partial charge in [-0.15, -0.1) is 0 Å². The predicted octanol–water partition coefficient (Wildman–Crippen LogP) is 2.26. The molecule has 0 aliphatic carbocycles. The van der Waals surface area contributed by atoms with E-state index in [1.165, 1.54) is 5.56 Å². The molecule has 1 unspecified atom stereocenters. The van der Waals surface area contributed by atoms with Crippen LogP contribution in [-0.4, -0.2) is 40.3 Å². The fourth-order valence-corrected chi connectivity index (χ4v) is 2.90. The molecule has 0 bridgehead atoms. The molecular formula is C14H27N3Si. The molecule has 0 saturated heterocycles. The Bertz CT molecular complexity index is 333. The number of rotatable bonds is 7. The maximum absolute atomic E-state index is 3.76. The molecule has 1 rings (SSSR count). The fraction of sp³-hybridized carbons (Fsp3) is 0.571. The van der Waals surface area contributed by atoms with Crippen LogP contribution in [0.2, 0.25) is 19.6 Å². The summed E-state index contributed by atoms with van der Waals surface area (Å²) in [5.74, 6) is 0. The highest BCUT2D eigenvalue weighted by atomic mass is 28.3. The lowest BCUT2D eigenvalue weighted by atomic mass is 10.2. The number of benzene rings is 1. The van der Waals surface area contributed by atoms with Crippen LogP contribution in [0.25, 0.3) is 0 Å². The number of likely N-dealkylation sites (N-methyl/N-ethyl adjacent to an activating group) is 1. The summed E-state index contributed by atoms with van der Waals surface area (Å²) in [6.45, 7) is 9.03. The van der Waals surface area contributed by atoms with E-state index in [2.05, 4.69) is 79.3 Å². The first kappa shape index (κ1) is 15.4. The average molecular weight is 265 g/mol. The van der Waals surface area contributed by atoms with Crippen molar-refractivity contribution in [2.45, 2.75) is 25.8 Å². The summed E-state index contributed by atoms with van der Waals surface area (Å²) in [6.07, 6.45) is 0.262. The molecule has 18 heavy (non-hydrogen) atoms. The van der Waals surface area contributed by atoms with Crippen LogP contribution in [0.5, 0.6) is 0 Å². The third-order valence-electron chi connectivity index (χ3n) is 2.62. The Kier molecular flexibility index (Phi) is 6.01. The predicted molar refractivity (Wildman–Crippen MR) is 82.2 cm³/mol. The summed E-state index contributed by atoms with van der Waals surface area (Å²) in [4.78, 5) is 5.95. The molecule has 4 heteroatoms. The Hall–Kier alpha value is -0.683. The number of hydrogen-bond donors (Lipinski definition) is 2. The van der Waals surface area contributed by atoms with Crippen molar-refractivity contribution in [1.82, 2.24) is 15.2 Å². The van der Waals surface area contributed by atoms with Crippen molar-refractivity contribution in [1.29, 1.82) is 0 Å². The van der Waals surface area contributed by atoms with Crippen molar-refractivity contribution in [3.05, 3.63) is 35.9 Å². The van der Waals surface area contributed by atoms with Crippen molar-refractivity contribution < 1.29 is 0 Å². The van der Waals surface area contributed by atoms with E-state index in [4.69, 9.17) is 0 Å². The second kappa shape index (κ2) is 7.04. The SMILES string of the molecule is CN(C)CCNC(N[Si](C)(C)C)c1ccccc1. The van der Waals surface area contributed by atoms with Gasteiger partial charge in [0.1, 0.15) is 8.24 Å². The van der Waals surface area contributed by atoms with E-state index in [0.29, 0.717) is 0 Å². The summed E-state index contributed by atoms with van der Waals surface area (Å²) in [6, 6.07) is 10.6. The summed E-state index contributed by atoms with van der Waals surface area (Å²) in [5.41, 5.74) is 1.32. The lowest BCUT2D eigenvalue weighted by Crippen LogP contribution is -2.49. The molecule has 0 aliphatic rings. The minimum Gasteiger partial charge on any atom is -0.319 e. The summed E-state index contributed by atoms with van der Waals surface area (Å²) in [7, 11) is 2.90. The topological polar surface area (TPSA) is 27.3 Å². The van der Waals surface area contributed by atoms with Gasteiger partial charge in [-0.25, -0.2) is 0 Å². The van der Waals surface area contributed by atoms with Gasteiger partial charge in [0, 0.05) is 13.1 Å². The van der Waals surface area contributed by atoms with E-state index < -0.39 is 8.24 Å². The quantitative estimate of drug-likeness (QED) is 0.585. The van der Waals surface area contributed by atoms with Gasteiger partial charge in [-0.3, -0.25) is 5.32 Å². The van der Waals surface area contributed by atoms with Crippen LogP contribution in [0.15, 0.2) is 30.3 Å². The van der Waals surface area contributed by atoms with E-state index in [9.17, 15) is 0 Å². The number of nitrogens with one attached hydrogen (secondary N) is 2. The van der Waals surface area contributed by atoms with Crippen molar-refractivity contribution >= 4 is 8.24 Å². The van der Waals surface area contributed by atoms with Gasteiger partial charge in [-0.2, -0.15) is 0 Å². The van der Waals surface area contributed by atoms with Crippen LogP contribution in [0.3, 0.4) is 0 Å². The third kappa shape index (κ3) is 6.30. The van der Waals surface area contributed by atoms with E-state index in [-0.39, 0.29) is 6.17 Å². The fourth-order valence-electron chi connectivity index (χ4n) is 1.76. The minimum atomic E-state index is -1.31. The van der Waals surface area contributed by atoms with Crippen molar-refractivity contribution in [2.75, 3.05) is 27.2 Å². The molecule has 1 aromatic rings. The summed E-state index contributed by atoms with van der Waals surface area (Å²) < 4.78 is 0. The van der Waals surface area contributed by atoms with Crippen molar-refractivity contribution in [3.63, 3.8) is 0 Å². The van der Waals surface area contributed by atoms with E-state index >= 15 is 0 Å². The maximum atomic E-state index is 3.76. The molecule has 0 aromatic heterocycles. The number of hydrogen-bond acceptors (Lipinski definition) is 3. The highest BCUT2D eigenvalue weighted by molar-refractivity contribution is 6.73. The van der Waals surface area contributed by atoms with Crippen LogP contribution in [0.1, 0.15) is 11.7 Å². The van der Waals surface area contributed by atoms with Gasteiger partial charge in [0.15, 0.2) is 0 Å².